The Kier molecular flexibility index (Phi) is 7.97. The molecule has 2 heterocycles. The minimum Gasteiger partial charge on any atom is -0.385 e. The van der Waals surface area contributed by atoms with Gasteiger partial charge in [-0.25, -0.2) is 8.42 Å². The molecule has 0 saturated carbocycles. The van der Waals surface area contributed by atoms with E-state index >= 15 is 0 Å². The van der Waals surface area contributed by atoms with E-state index in [4.69, 9.17) is 4.74 Å². The summed E-state index contributed by atoms with van der Waals surface area (Å²) in [5.41, 5.74) is 2.48. The molecule has 3 atom stereocenters. The van der Waals surface area contributed by atoms with Gasteiger partial charge in [-0.15, -0.1) is 0 Å². The third-order valence-electron chi connectivity index (χ3n) is 7.86. The third-order valence-corrected chi connectivity index (χ3v) is 9.57. The number of nitrogens with one attached hydrogen (secondary N) is 1. The topological polar surface area (TPSA) is 96.0 Å². The van der Waals surface area contributed by atoms with Gasteiger partial charge in [0.05, 0.1) is 22.6 Å². The van der Waals surface area contributed by atoms with Gasteiger partial charge in [-0.05, 0) is 49.6 Å². The molecule has 8 nitrogen and oxygen atoms in total. The Morgan fingerprint density at radius 1 is 1.16 bits per heavy atom. The van der Waals surface area contributed by atoms with Crippen molar-refractivity contribution < 1.29 is 22.7 Å². The van der Waals surface area contributed by atoms with Crippen molar-refractivity contribution in [3.63, 3.8) is 0 Å². The van der Waals surface area contributed by atoms with Crippen molar-refractivity contribution in [3.05, 3.63) is 77.6 Å². The number of amides is 2. The lowest BCUT2D eigenvalue weighted by Gasteiger charge is -2.33. The number of sulfone groups is 1. The molecule has 2 fully saturated rings. The number of benzene rings is 1. The van der Waals surface area contributed by atoms with Crippen LogP contribution >= 0.6 is 0 Å². The fourth-order valence-corrected chi connectivity index (χ4v) is 7.20. The van der Waals surface area contributed by atoms with Gasteiger partial charge in [-0.2, -0.15) is 0 Å². The first-order valence-corrected chi connectivity index (χ1v) is 15.0. The molecule has 2 aliphatic heterocycles. The van der Waals surface area contributed by atoms with Gasteiger partial charge in [0.1, 0.15) is 0 Å². The predicted molar refractivity (Wildman–Crippen MR) is 145 cm³/mol. The van der Waals surface area contributed by atoms with Crippen LogP contribution < -0.4 is 5.32 Å². The van der Waals surface area contributed by atoms with E-state index in [-0.39, 0.29) is 35.4 Å². The van der Waals surface area contributed by atoms with Crippen molar-refractivity contribution in [2.24, 2.45) is 11.8 Å². The minimum absolute atomic E-state index is 0.0290. The van der Waals surface area contributed by atoms with E-state index in [2.05, 4.69) is 10.2 Å². The van der Waals surface area contributed by atoms with Crippen molar-refractivity contribution in [2.45, 2.75) is 30.2 Å². The fraction of sp³-hybridized carbons (Fsp3) is 0.448. The predicted octanol–water partition coefficient (Wildman–Crippen LogP) is 2.47. The van der Waals surface area contributed by atoms with Crippen LogP contribution in [0.25, 0.3) is 0 Å². The molecule has 0 bridgehead atoms. The lowest BCUT2D eigenvalue weighted by molar-refractivity contribution is -0.126. The minimum atomic E-state index is -3.36. The number of nitrogens with zero attached hydrogens (tertiary/aromatic N) is 2. The molecule has 1 aromatic carbocycles. The van der Waals surface area contributed by atoms with Crippen molar-refractivity contribution in [1.29, 1.82) is 0 Å². The zero-order valence-corrected chi connectivity index (χ0v) is 22.5. The van der Waals surface area contributed by atoms with Crippen LogP contribution in [0.4, 0.5) is 0 Å². The average molecular weight is 538 g/mol. The zero-order valence-electron chi connectivity index (χ0n) is 21.7. The molecule has 1 N–H and O–H groups in total. The molecule has 2 saturated heterocycles. The number of hydrogen-bond acceptors (Lipinski definition) is 6. The second-order valence-electron chi connectivity index (χ2n) is 10.3. The van der Waals surface area contributed by atoms with Crippen molar-refractivity contribution in [3.8, 4) is 0 Å². The second-order valence-corrected chi connectivity index (χ2v) is 12.4. The third kappa shape index (κ3) is 5.41. The Morgan fingerprint density at radius 2 is 1.97 bits per heavy atom. The largest absolute Gasteiger partial charge is 0.385 e. The summed E-state index contributed by atoms with van der Waals surface area (Å²) in [6, 6.07) is 8.45. The molecule has 0 spiro atoms. The summed E-state index contributed by atoms with van der Waals surface area (Å²) < 4.78 is 30.6. The summed E-state index contributed by atoms with van der Waals surface area (Å²) in [5.74, 6) is -0.288. The van der Waals surface area contributed by atoms with Crippen molar-refractivity contribution in [2.75, 3.05) is 45.6 Å². The first-order chi connectivity index (χ1) is 18.4. The van der Waals surface area contributed by atoms with Crippen LogP contribution in [0.15, 0.2) is 82.5 Å². The molecular weight excluding hydrogens is 502 g/mol. The Morgan fingerprint density at radius 3 is 2.76 bits per heavy atom. The van der Waals surface area contributed by atoms with Gasteiger partial charge < -0.3 is 19.9 Å². The highest BCUT2D eigenvalue weighted by molar-refractivity contribution is 7.91. The Bertz CT molecular complexity index is 1300. The number of carbonyl (C=O) groups is 2. The fourth-order valence-electron chi connectivity index (χ4n) is 5.89. The zero-order chi connectivity index (χ0) is 26.7. The normalized spacial score (nSPS) is 25.0. The average Bonchev–Trinajstić information content (AvgIpc) is 3.22. The quantitative estimate of drug-likeness (QED) is 0.461. The first kappa shape index (κ1) is 26.6. The van der Waals surface area contributed by atoms with Gasteiger partial charge in [0.15, 0.2) is 9.84 Å². The molecule has 38 heavy (non-hydrogen) atoms. The van der Waals surface area contributed by atoms with Crippen LogP contribution in [-0.4, -0.2) is 81.7 Å². The van der Waals surface area contributed by atoms with Gasteiger partial charge >= 0.3 is 0 Å². The number of ether oxygens (including phenoxy) is 1. The number of allylic oxidation sites excluding steroid dienone is 4. The monoisotopic (exact) mass is 537 g/mol. The molecule has 9 heteroatoms. The van der Waals surface area contributed by atoms with Crippen LogP contribution in [0.3, 0.4) is 0 Å². The first-order valence-electron chi connectivity index (χ1n) is 13.3. The second kappa shape index (κ2) is 11.4. The van der Waals surface area contributed by atoms with Gasteiger partial charge in [0.2, 0.25) is 5.91 Å². The highest BCUT2D eigenvalue weighted by atomic mass is 32.2. The number of piperidine rings is 1. The van der Waals surface area contributed by atoms with Crippen molar-refractivity contribution in [1.82, 2.24) is 15.1 Å². The summed E-state index contributed by atoms with van der Waals surface area (Å²) in [6.45, 7) is 2.94. The summed E-state index contributed by atoms with van der Waals surface area (Å²) in [5, 5.41) is 3.14. The summed E-state index contributed by atoms with van der Waals surface area (Å²) in [4.78, 5) is 30.8. The van der Waals surface area contributed by atoms with E-state index in [1.54, 1.807) is 37.4 Å². The maximum Gasteiger partial charge on any atom is 0.251 e. The summed E-state index contributed by atoms with van der Waals surface area (Å²) in [6.07, 6.45) is 12.1. The van der Waals surface area contributed by atoms with Crippen LogP contribution in [0, 0.1) is 11.8 Å². The summed E-state index contributed by atoms with van der Waals surface area (Å²) >= 11 is 0. The van der Waals surface area contributed by atoms with Crippen molar-refractivity contribution >= 4 is 21.7 Å². The molecule has 0 radical (unpaired) electrons. The van der Waals surface area contributed by atoms with Gasteiger partial charge in [0.25, 0.3) is 5.91 Å². The Hall–Kier alpha value is -3.01. The van der Waals surface area contributed by atoms with Crippen LogP contribution in [0.1, 0.15) is 19.3 Å². The standard InChI is InChI=1S/C29H35N3O5S/c1-37-18-7-16-32-26-14-13-25(23-11-5-12-24(27(23)26)29(32)34)30-28(33)21-8-6-15-31(20-21)17-19-38(35,36)22-9-3-2-4-10-22/h2-5,9-14,21,26-27H,6-8,15-20H2,1H3,(H,30,33). The number of likely N-dealkylation sites (tertiary alicyclic amines) is 2. The lowest BCUT2D eigenvalue weighted by atomic mass is 9.80. The smallest absolute Gasteiger partial charge is 0.251 e. The van der Waals surface area contributed by atoms with E-state index in [0.29, 0.717) is 31.1 Å². The maximum atomic E-state index is 13.3. The van der Waals surface area contributed by atoms with Crippen LogP contribution in [-0.2, 0) is 24.2 Å². The number of hydrogen-bond donors (Lipinski definition) is 1. The molecule has 5 rings (SSSR count). The molecule has 2 amide bonds. The molecule has 202 valence electrons. The maximum absolute atomic E-state index is 13.3. The summed E-state index contributed by atoms with van der Waals surface area (Å²) in [7, 11) is -1.71. The van der Waals surface area contributed by atoms with E-state index < -0.39 is 9.84 Å². The number of rotatable bonds is 10. The lowest BCUT2D eigenvalue weighted by Crippen LogP contribution is -2.44. The molecule has 1 aromatic rings. The molecule has 3 unspecified atom stereocenters. The Balaban J connectivity index is 1.22. The molecule has 0 aromatic heterocycles. The molecule has 4 aliphatic rings. The number of methoxy groups -OCH3 is 1. The highest BCUT2D eigenvalue weighted by Gasteiger charge is 2.46. The van der Waals surface area contributed by atoms with E-state index in [0.717, 1.165) is 42.7 Å². The molecular formula is C29H35N3O5S. The number of carbonyl (C=O) groups excluding carboxylic acids is 2. The van der Waals surface area contributed by atoms with E-state index in [1.807, 2.05) is 35.3 Å². The Labute approximate surface area is 224 Å². The van der Waals surface area contributed by atoms with Gasteiger partial charge in [-0.1, -0.05) is 42.5 Å². The van der Waals surface area contributed by atoms with Gasteiger partial charge in [-0.3, -0.25) is 9.59 Å². The van der Waals surface area contributed by atoms with Gasteiger partial charge in [0, 0.05) is 50.5 Å². The highest BCUT2D eigenvalue weighted by Crippen LogP contribution is 2.43. The van der Waals surface area contributed by atoms with Crippen LogP contribution in [0.5, 0.6) is 0 Å². The van der Waals surface area contributed by atoms with E-state index in [9.17, 15) is 18.0 Å². The molecule has 2 aliphatic carbocycles. The van der Waals surface area contributed by atoms with Crippen LogP contribution in [0.2, 0.25) is 0 Å². The SMILES string of the molecule is COCCCN1C(=O)C2=CC=CC3=C(NC(=O)C4CCCN(CCS(=O)(=O)c5ccccc5)C4)C=CC1C23. The van der Waals surface area contributed by atoms with E-state index in [1.165, 1.54) is 0 Å².